The van der Waals surface area contributed by atoms with Crippen molar-refractivity contribution in [3.05, 3.63) is 305 Å². The molecule has 0 saturated heterocycles. The molecule has 338 valence electrons. The molecule has 2 aliphatic rings. The van der Waals surface area contributed by atoms with E-state index in [1.807, 2.05) is 0 Å². The van der Waals surface area contributed by atoms with Crippen LogP contribution in [0.4, 0.5) is 17.1 Å². The van der Waals surface area contributed by atoms with Gasteiger partial charge in [-0.25, -0.2) is 0 Å². The molecule has 0 atom stereocenters. The molecule has 11 aromatic rings. The molecule has 0 N–H and O–H groups in total. The number of hydrogen-bond acceptors (Lipinski definition) is 1. The number of aryl methyl sites for hydroxylation is 1. The molecular weight excluding hydrogens is 855 g/mol. The van der Waals surface area contributed by atoms with Crippen LogP contribution in [0, 0.1) is 6.92 Å². The average Bonchev–Trinajstić information content (AvgIpc) is 3.84. The standard InChI is InChI=1S/C70H53N/c1-47-19-13-16-28-59(47)64-43-51(31-32-53(64)41-48-20-7-4-8-21-48)52-34-38-62-63-40-37-58(46-68(63)70(67(62)44-52,54-24-9-5-10-25-54)55-26-11-6-12-27-55)71(56-35-33-49-22-14-15-23-50(49)42-56)57-36-39-61-60-29-17-18-30-65(60)69(2,3)66(61)45-57/h4-40,42-46H,41H2,1-3H3. The topological polar surface area (TPSA) is 3.24 Å². The van der Waals surface area contributed by atoms with Gasteiger partial charge in [0.1, 0.15) is 0 Å². The average molecular weight is 908 g/mol. The molecule has 0 aromatic heterocycles. The Hall–Kier alpha value is -8.52. The van der Waals surface area contributed by atoms with Crippen molar-refractivity contribution in [2.45, 2.75) is 38.0 Å². The van der Waals surface area contributed by atoms with Crippen LogP contribution in [0.25, 0.3) is 55.3 Å². The summed E-state index contributed by atoms with van der Waals surface area (Å²) in [7, 11) is 0. The summed E-state index contributed by atoms with van der Waals surface area (Å²) in [5, 5.41) is 2.44. The third-order valence-electron chi connectivity index (χ3n) is 15.7. The van der Waals surface area contributed by atoms with E-state index in [4.69, 9.17) is 0 Å². The predicted octanol–water partition coefficient (Wildman–Crippen LogP) is 18.2. The maximum absolute atomic E-state index is 2.51. The van der Waals surface area contributed by atoms with Crippen molar-refractivity contribution in [1.82, 2.24) is 0 Å². The molecule has 0 amide bonds. The molecule has 1 heteroatoms. The van der Waals surface area contributed by atoms with Gasteiger partial charge in [-0.2, -0.15) is 0 Å². The largest absolute Gasteiger partial charge is 0.310 e. The van der Waals surface area contributed by atoms with Crippen LogP contribution >= 0.6 is 0 Å². The lowest BCUT2D eigenvalue weighted by atomic mass is 9.67. The number of anilines is 3. The molecule has 0 unspecified atom stereocenters. The van der Waals surface area contributed by atoms with Gasteiger partial charge in [0.25, 0.3) is 0 Å². The molecule has 11 aromatic carbocycles. The predicted molar refractivity (Wildman–Crippen MR) is 298 cm³/mol. The first-order valence-corrected chi connectivity index (χ1v) is 25.0. The summed E-state index contributed by atoms with van der Waals surface area (Å²) in [4.78, 5) is 2.49. The van der Waals surface area contributed by atoms with Crippen molar-refractivity contribution in [2.75, 3.05) is 4.90 Å². The Balaban J connectivity index is 1.02. The lowest BCUT2D eigenvalue weighted by molar-refractivity contribution is 0.660. The highest BCUT2D eigenvalue weighted by Gasteiger charge is 2.47. The van der Waals surface area contributed by atoms with E-state index in [1.165, 1.54) is 105 Å². The molecular formula is C70H53N. The van der Waals surface area contributed by atoms with Crippen LogP contribution in [-0.2, 0) is 17.3 Å². The van der Waals surface area contributed by atoms with Crippen LogP contribution < -0.4 is 4.90 Å². The van der Waals surface area contributed by atoms with Crippen LogP contribution in [-0.4, -0.2) is 0 Å². The van der Waals surface area contributed by atoms with E-state index in [-0.39, 0.29) is 5.41 Å². The van der Waals surface area contributed by atoms with Gasteiger partial charge in [-0.3, -0.25) is 0 Å². The molecule has 13 rings (SSSR count). The fourth-order valence-corrected chi connectivity index (χ4v) is 12.2. The number of hydrogen-bond donors (Lipinski definition) is 0. The van der Waals surface area contributed by atoms with Crippen LogP contribution in [0.3, 0.4) is 0 Å². The lowest BCUT2D eigenvalue weighted by Gasteiger charge is -2.35. The second kappa shape index (κ2) is 16.9. The summed E-state index contributed by atoms with van der Waals surface area (Å²) in [6.07, 6.45) is 0.866. The van der Waals surface area contributed by atoms with Gasteiger partial charge in [-0.05, 0) is 167 Å². The van der Waals surface area contributed by atoms with Gasteiger partial charge < -0.3 is 4.90 Å². The van der Waals surface area contributed by atoms with E-state index < -0.39 is 5.41 Å². The summed E-state index contributed by atoms with van der Waals surface area (Å²) in [6.45, 7) is 6.98. The molecule has 71 heavy (non-hydrogen) atoms. The van der Waals surface area contributed by atoms with Crippen molar-refractivity contribution < 1.29 is 0 Å². The molecule has 0 radical (unpaired) electrons. The van der Waals surface area contributed by atoms with Gasteiger partial charge in [-0.1, -0.05) is 220 Å². The number of fused-ring (bicyclic) bond motifs is 7. The highest BCUT2D eigenvalue weighted by molar-refractivity contribution is 5.94. The summed E-state index contributed by atoms with van der Waals surface area (Å²) in [5.74, 6) is 0. The van der Waals surface area contributed by atoms with E-state index in [0.29, 0.717) is 0 Å². The maximum atomic E-state index is 2.51. The molecule has 0 heterocycles. The first-order valence-electron chi connectivity index (χ1n) is 25.0. The van der Waals surface area contributed by atoms with Crippen LogP contribution in [0.1, 0.15) is 63.9 Å². The van der Waals surface area contributed by atoms with Crippen molar-refractivity contribution in [1.29, 1.82) is 0 Å². The van der Waals surface area contributed by atoms with Crippen molar-refractivity contribution in [2.24, 2.45) is 0 Å². The summed E-state index contributed by atoms with van der Waals surface area (Å²) in [5.41, 5.74) is 24.4. The second-order valence-corrected chi connectivity index (χ2v) is 20.1. The van der Waals surface area contributed by atoms with E-state index in [9.17, 15) is 0 Å². The third-order valence-corrected chi connectivity index (χ3v) is 15.7. The van der Waals surface area contributed by atoms with Gasteiger partial charge in [-0.15, -0.1) is 0 Å². The van der Waals surface area contributed by atoms with Gasteiger partial charge in [0, 0.05) is 22.5 Å². The second-order valence-electron chi connectivity index (χ2n) is 20.1. The smallest absolute Gasteiger partial charge is 0.0714 e. The Labute approximate surface area is 418 Å². The van der Waals surface area contributed by atoms with Gasteiger partial charge >= 0.3 is 0 Å². The Morgan fingerprint density at radius 2 is 0.831 bits per heavy atom. The zero-order valence-corrected chi connectivity index (χ0v) is 40.4. The minimum absolute atomic E-state index is 0.146. The lowest BCUT2D eigenvalue weighted by Crippen LogP contribution is -2.28. The van der Waals surface area contributed by atoms with Crippen molar-refractivity contribution in [3.8, 4) is 44.5 Å². The number of rotatable bonds is 9. The normalized spacial score (nSPS) is 13.6. The summed E-state index contributed by atoms with van der Waals surface area (Å²) < 4.78 is 0. The van der Waals surface area contributed by atoms with Crippen molar-refractivity contribution in [3.63, 3.8) is 0 Å². The zero-order valence-electron chi connectivity index (χ0n) is 40.4. The highest BCUT2D eigenvalue weighted by atomic mass is 15.1. The molecule has 0 bridgehead atoms. The minimum Gasteiger partial charge on any atom is -0.310 e. The molecule has 0 spiro atoms. The Morgan fingerprint density at radius 3 is 1.54 bits per heavy atom. The van der Waals surface area contributed by atoms with Gasteiger partial charge in [0.15, 0.2) is 0 Å². The molecule has 0 fully saturated rings. The quantitative estimate of drug-likeness (QED) is 0.139. The molecule has 1 nitrogen and oxygen atoms in total. The Bertz CT molecular complexity index is 3790. The molecule has 0 saturated carbocycles. The Morgan fingerprint density at radius 1 is 0.338 bits per heavy atom. The van der Waals surface area contributed by atoms with E-state index in [0.717, 1.165) is 23.5 Å². The Kier molecular flexibility index (Phi) is 10.1. The van der Waals surface area contributed by atoms with Crippen LogP contribution in [0.2, 0.25) is 0 Å². The van der Waals surface area contributed by atoms with Crippen LogP contribution in [0.15, 0.2) is 255 Å². The first kappa shape index (κ1) is 42.6. The third kappa shape index (κ3) is 6.91. The van der Waals surface area contributed by atoms with Crippen LogP contribution in [0.5, 0.6) is 0 Å². The zero-order chi connectivity index (χ0) is 47.7. The molecule has 0 aliphatic heterocycles. The first-order chi connectivity index (χ1) is 34.9. The fraction of sp³-hybridized carbons (Fsp3) is 0.0857. The minimum atomic E-state index is -0.623. The SMILES string of the molecule is Cc1ccccc1-c1cc(-c2ccc3c(c2)C(c2ccccc2)(c2ccccc2)c2cc(N(c4ccc5c(c4)C(C)(C)c4ccccc4-5)c4ccc5ccccc5c4)ccc2-3)ccc1Cc1ccccc1. The summed E-state index contributed by atoms with van der Waals surface area (Å²) in [6, 6.07) is 95.4. The van der Waals surface area contributed by atoms with E-state index in [2.05, 4.69) is 280 Å². The number of nitrogens with zero attached hydrogens (tertiary/aromatic N) is 1. The van der Waals surface area contributed by atoms with Gasteiger partial charge in [0.2, 0.25) is 0 Å². The molecule has 2 aliphatic carbocycles. The monoisotopic (exact) mass is 907 g/mol. The van der Waals surface area contributed by atoms with E-state index in [1.54, 1.807) is 0 Å². The maximum Gasteiger partial charge on any atom is 0.0714 e. The highest BCUT2D eigenvalue weighted by Crippen LogP contribution is 2.58. The summed E-state index contributed by atoms with van der Waals surface area (Å²) >= 11 is 0. The number of benzene rings is 11. The van der Waals surface area contributed by atoms with E-state index >= 15 is 0 Å². The van der Waals surface area contributed by atoms with Crippen molar-refractivity contribution >= 4 is 27.8 Å². The fourth-order valence-electron chi connectivity index (χ4n) is 12.2. The van der Waals surface area contributed by atoms with Gasteiger partial charge in [0.05, 0.1) is 5.41 Å².